The number of anilines is 1. The first kappa shape index (κ1) is 15.0. The second-order valence-corrected chi connectivity index (χ2v) is 4.22. The van der Waals surface area contributed by atoms with Gasteiger partial charge in [0.1, 0.15) is 24.3 Å². The van der Waals surface area contributed by atoms with Crippen LogP contribution in [0.25, 0.3) is 0 Å². The lowest BCUT2D eigenvalue weighted by molar-refractivity contribution is 0.290. The average molecular weight is 294 g/mol. The monoisotopic (exact) mass is 294 g/mol. The van der Waals surface area contributed by atoms with Crippen LogP contribution in [0, 0.1) is 28.5 Å². The van der Waals surface area contributed by atoms with Crippen LogP contribution in [0.4, 0.5) is 10.1 Å². The van der Waals surface area contributed by atoms with Crippen LogP contribution >= 0.6 is 0 Å². The Labute approximate surface area is 126 Å². The Morgan fingerprint density at radius 3 is 2.59 bits per heavy atom. The molecule has 0 spiro atoms. The lowest BCUT2D eigenvalue weighted by atomic mass is 10.2. The van der Waals surface area contributed by atoms with E-state index in [-0.39, 0.29) is 17.9 Å². The van der Waals surface area contributed by atoms with Crippen molar-refractivity contribution in [2.75, 3.05) is 5.32 Å². The van der Waals surface area contributed by atoms with Crippen molar-refractivity contribution in [1.82, 2.24) is 4.98 Å². The first-order chi connectivity index (χ1) is 10.7. The highest BCUT2D eigenvalue weighted by Gasteiger charge is 2.05. The van der Waals surface area contributed by atoms with Gasteiger partial charge in [-0.25, -0.2) is 4.39 Å². The molecule has 0 radical (unpaired) electrons. The van der Waals surface area contributed by atoms with Crippen molar-refractivity contribution in [3.8, 4) is 17.9 Å². The van der Waals surface area contributed by atoms with Crippen LogP contribution in [-0.2, 0) is 6.61 Å². The molecular formula is C16H11FN4O. The van der Waals surface area contributed by atoms with Crippen LogP contribution in [0.2, 0.25) is 0 Å². The fourth-order valence-electron chi connectivity index (χ4n) is 1.59. The van der Waals surface area contributed by atoms with E-state index < -0.39 is 5.82 Å². The Bertz CT molecular complexity index is 744. The van der Waals surface area contributed by atoms with Crippen molar-refractivity contribution in [2.45, 2.75) is 6.61 Å². The lowest BCUT2D eigenvalue weighted by Gasteiger charge is -2.08. The van der Waals surface area contributed by atoms with Crippen molar-refractivity contribution >= 4 is 5.69 Å². The van der Waals surface area contributed by atoms with E-state index in [2.05, 4.69) is 10.3 Å². The van der Waals surface area contributed by atoms with Gasteiger partial charge in [0.05, 0.1) is 0 Å². The largest absolute Gasteiger partial charge is 0.486 e. The molecule has 1 heterocycles. The number of nitriles is 2. The molecule has 0 atom stereocenters. The molecule has 0 fully saturated rings. The molecule has 0 saturated carbocycles. The van der Waals surface area contributed by atoms with Gasteiger partial charge in [0.15, 0.2) is 11.6 Å². The summed E-state index contributed by atoms with van der Waals surface area (Å²) in [5.74, 6) is -0.421. The van der Waals surface area contributed by atoms with Gasteiger partial charge in [0.2, 0.25) is 0 Å². The Hall–Kier alpha value is -3.38. The van der Waals surface area contributed by atoms with Gasteiger partial charge >= 0.3 is 0 Å². The smallest absolute Gasteiger partial charge is 0.167 e. The molecule has 0 aliphatic rings. The third-order valence-electron chi connectivity index (χ3n) is 2.70. The number of pyridine rings is 1. The number of benzene rings is 1. The third kappa shape index (κ3) is 4.06. The van der Waals surface area contributed by atoms with Crippen LogP contribution in [0.15, 0.2) is 54.5 Å². The predicted octanol–water partition coefficient (Wildman–Crippen LogP) is 3.14. The van der Waals surface area contributed by atoms with Gasteiger partial charge in [-0.05, 0) is 29.8 Å². The summed E-state index contributed by atoms with van der Waals surface area (Å²) >= 11 is 0. The van der Waals surface area contributed by atoms with Crippen LogP contribution < -0.4 is 10.1 Å². The van der Waals surface area contributed by atoms with Gasteiger partial charge in [-0.2, -0.15) is 10.5 Å². The van der Waals surface area contributed by atoms with E-state index in [1.54, 1.807) is 42.7 Å². The summed E-state index contributed by atoms with van der Waals surface area (Å²) < 4.78 is 19.3. The molecule has 5 nitrogen and oxygen atoms in total. The Kier molecular flexibility index (Phi) is 5.06. The third-order valence-corrected chi connectivity index (χ3v) is 2.70. The van der Waals surface area contributed by atoms with E-state index in [0.29, 0.717) is 5.69 Å². The van der Waals surface area contributed by atoms with E-state index >= 15 is 0 Å². The molecule has 0 saturated heterocycles. The van der Waals surface area contributed by atoms with Crippen molar-refractivity contribution in [2.24, 2.45) is 0 Å². The Balaban J connectivity index is 2.03. The summed E-state index contributed by atoms with van der Waals surface area (Å²) in [7, 11) is 0. The van der Waals surface area contributed by atoms with Crippen LogP contribution in [-0.4, -0.2) is 4.98 Å². The van der Waals surface area contributed by atoms with Crippen molar-refractivity contribution in [3.05, 3.63) is 65.9 Å². The molecule has 0 aliphatic heterocycles. The first-order valence-corrected chi connectivity index (χ1v) is 6.31. The highest BCUT2D eigenvalue weighted by molar-refractivity contribution is 5.51. The standard InChI is InChI=1S/C16H11FN4O/c17-15-7-14(21-10-13(8-18)9-19)1-2-16(15)22-11-12-3-5-20-6-4-12/h1-7,10,21H,11H2. The van der Waals surface area contributed by atoms with Crippen LogP contribution in [0.5, 0.6) is 5.75 Å². The van der Waals surface area contributed by atoms with E-state index in [0.717, 1.165) is 5.56 Å². The molecule has 108 valence electrons. The number of aromatic nitrogens is 1. The van der Waals surface area contributed by atoms with E-state index in [4.69, 9.17) is 15.3 Å². The van der Waals surface area contributed by atoms with Gasteiger partial charge in [-0.3, -0.25) is 4.98 Å². The number of halogens is 1. The zero-order valence-electron chi connectivity index (χ0n) is 11.5. The molecule has 0 amide bonds. The molecule has 1 aromatic carbocycles. The highest BCUT2D eigenvalue weighted by atomic mass is 19.1. The first-order valence-electron chi connectivity index (χ1n) is 6.31. The maximum Gasteiger partial charge on any atom is 0.167 e. The van der Waals surface area contributed by atoms with Gasteiger partial charge in [-0.1, -0.05) is 0 Å². The molecule has 2 aromatic rings. The number of hydrogen-bond acceptors (Lipinski definition) is 5. The Morgan fingerprint density at radius 1 is 1.23 bits per heavy atom. The SMILES string of the molecule is N#CC(C#N)=CNc1ccc(OCc2ccncc2)c(F)c1. The molecule has 0 unspecified atom stereocenters. The van der Waals surface area contributed by atoms with Crippen LogP contribution in [0.1, 0.15) is 5.56 Å². The van der Waals surface area contributed by atoms with Crippen LogP contribution in [0.3, 0.4) is 0 Å². The van der Waals surface area contributed by atoms with Gasteiger partial charge in [0.25, 0.3) is 0 Å². The zero-order chi connectivity index (χ0) is 15.8. The van der Waals surface area contributed by atoms with Gasteiger partial charge < -0.3 is 10.1 Å². The number of ether oxygens (including phenoxy) is 1. The maximum atomic E-state index is 13.9. The minimum Gasteiger partial charge on any atom is -0.486 e. The van der Waals surface area contributed by atoms with Crippen molar-refractivity contribution in [1.29, 1.82) is 10.5 Å². The summed E-state index contributed by atoms with van der Waals surface area (Å²) in [5.41, 5.74) is 1.20. The van der Waals surface area contributed by atoms with E-state index in [1.807, 2.05) is 0 Å². The molecule has 22 heavy (non-hydrogen) atoms. The molecule has 1 N–H and O–H groups in total. The topological polar surface area (TPSA) is 81.7 Å². The molecule has 6 heteroatoms. The van der Waals surface area contributed by atoms with Gasteiger partial charge in [-0.15, -0.1) is 0 Å². The quantitative estimate of drug-likeness (QED) is 0.857. The second-order valence-electron chi connectivity index (χ2n) is 4.22. The second kappa shape index (κ2) is 7.41. The summed E-state index contributed by atoms with van der Waals surface area (Å²) in [6.45, 7) is 0.235. The number of nitrogens with one attached hydrogen (secondary N) is 1. The zero-order valence-corrected chi connectivity index (χ0v) is 11.5. The predicted molar refractivity (Wildman–Crippen MR) is 77.9 cm³/mol. The number of allylic oxidation sites excluding steroid dienone is 1. The normalized spacial score (nSPS) is 9.23. The summed E-state index contributed by atoms with van der Waals surface area (Å²) in [6.07, 6.45) is 4.49. The fourth-order valence-corrected chi connectivity index (χ4v) is 1.59. The fraction of sp³-hybridized carbons (Fsp3) is 0.0625. The minimum atomic E-state index is -0.539. The van der Waals surface area contributed by atoms with Crippen molar-refractivity contribution in [3.63, 3.8) is 0 Å². The average Bonchev–Trinajstić information content (AvgIpc) is 2.56. The number of hydrogen-bond donors (Lipinski definition) is 1. The molecule has 2 rings (SSSR count). The molecule has 0 aliphatic carbocycles. The molecule has 1 aromatic heterocycles. The number of nitrogens with zero attached hydrogens (tertiary/aromatic N) is 3. The maximum absolute atomic E-state index is 13.9. The summed E-state index contributed by atoms with van der Waals surface area (Å²) in [4.78, 5) is 3.89. The van der Waals surface area contributed by atoms with Crippen molar-refractivity contribution < 1.29 is 9.13 Å². The highest BCUT2D eigenvalue weighted by Crippen LogP contribution is 2.22. The molecule has 0 bridgehead atoms. The molecular weight excluding hydrogens is 283 g/mol. The van der Waals surface area contributed by atoms with Gasteiger partial charge in [0, 0.05) is 30.3 Å². The summed E-state index contributed by atoms with van der Waals surface area (Å²) in [5, 5.41) is 19.9. The summed E-state index contributed by atoms with van der Waals surface area (Å²) in [6, 6.07) is 11.3. The van der Waals surface area contributed by atoms with E-state index in [1.165, 1.54) is 18.3 Å². The minimum absolute atomic E-state index is 0.0987. The van der Waals surface area contributed by atoms with E-state index in [9.17, 15) is 4.39 Å². The lowest BCUT2D eigenvalue weighted by Crippen LogP contribution is -1.98. The number of rotatable bonds is 5. The Morgan fingerprint density at radius 2 is 1.95 bits per heavy atom.